The van der Waals surface area contributed by atoms with Crippen LogP contribution in [0.3, 0.4) is 0 Å². The van der Waals surface area contributed by atoms with E-state index in [-0.39, 0.29) is 0 Å². The lowest BCUT2D eigenvalue weighted by Crippen LogP contribution is -1.98. The molecule has 0 radical (unpaired) electrons. The summed E-state index contributed by atoms with van der Waals surface area (Å²) < 4.78 is 6.44. The van der Waals surface area contributed by atoms with Crippen molar-refractivity contribution >= 4 is 33.3 Å². The summed E-state index contributed by atoms with van der Waals surface area (Å²) in [4.78, 5) is 8.18. The maximum Gasteiger partial charge on any atom is 0.238 e. The predicted octanol–water partition coefficient (Wildman–Crippen LogP) is 4.29. The number of hydrogen-bond donors (Lipinski definition) is 1. The zero-order chi connectivity index (χ0) is 13.8. The Morgan fingerprint density at radius 1 is 1.37 bits per heavy atom. The molecule has 0 atom stereocenters. The standard InChI is InChI=1S/C13H13BrClN3O/c1-3-8-6-9(4-5-10(8)15)19-13-11(14)12(16-2)17-7-18-13/h4-7H,3H2,1-2H3,(H,16,17,18). The zero-order valence-corrected chi connectivity index (χ0v) is 12.9. The summed E-state index contributed by atoms with van der Waals surface area (Å²) in [6.07, 6.45) is 2.30. The van der Waals surface area contributed by atoms with Crippen LogP contribution >= 0.6 is 27.5 Å². The Morgan fingerprint density at radius 3 is 2.84 bits per heavy atom. The molecule has 0 aliphatic carbocycles. The molecule has 19 heavy (non-hydrogen) atoms. The van der Waals surface area contributed by atoms with E-state index in [9.17, 15) is 0 Å². The van der Waals surface area contributed by atoms with Crippen molar-refractivity contribution < 1.29 is 4.74 Å². The second kappa shape index (κ2) is 6.21. The second-order valence-corrected chi connectivity index (χ2v) is 5.00. The van der Waals surface area contributed by atoms with Gasteiger partial charge in [0.1, 0.15) is 22.4 Å². The molecule has 0 saturated carbocycles. The quantitative estimate of drug-likeness (QED) is 0.900. The lowest BCUT2D eigenvalue weighted by Gasteiger charge is -2.10. The average Bonchev–Trinajstić information content (AvgIpc) is 2.43. The van der Waals surface area contributed by atoms with E-state index in [0.717, 1.165) is 17.0 Å². The lowest BCUT2D eigenvalue weighted by atomic mass is 10.1. The number of ether oxygens (including phenoxy) is 1. The summed E-state index contributed by atoms with van der Waals surface area (Å²) >= 11 is 9.49. The summed E-state index contributed by atoms with van der Waals surface area (Å²) in [5.74, 6) is 1.83. The van der Waals surface area contributed by atoms with Gasteiger partial charge in [0.25, 0.3) is 0 Å². The Bertz CT molecular complexity index is 592. The minimum absolute atomic E-state index is 0.462. The number of nitrogens with zero attached hydrogens (tertiary/aromatic N) is 2. The van der Waals surface area contributed by atoms with Gasteiger partial charge in [0, 0.05) is 12.1 Å². The van der Waals surface area contributed by atoms with E-state index in [1.165, 1.54) is 6.33 Å². The highest BCUT2D eigenvalue weighted by Gasteiger charge is 2.10. The number of benzene rings is 1. The van der Waals surface area contributed by atoms with E-state index in [1.807, 2.05) is 25.1 Å². The number of hydrogen-bond acceptors (Lipinski definition) is 4. The van der Waals surface area contributed by atoms with Gasteiger partial charge >= 0.3 is 0 Å². The fourth-order valence-electron chi connectivity index (χ4n) is 1.60. The van der Waals surface area contributed by atoms with Gasteiger partial charge in [-0.25, -0.2) is 9.97 Å². The highest BCUT2D eigenvalue weighted by atomic mass is 79.9. The molecular weight excluding hydrogens is 330 g/mol. The molecule has 1 N–H and O–H groups in total. The molecule has 6 heteroatoms. The molecular formula is C13H13BrClN3O. The first-order chi connectivity index (χ1) is 9.15. The first-order valence-corrected chi connectivity index (χ1v) is 6.97. The molecule has 0 bridgehead atoms. The van der Waals surface area contributed by atoms with Crippen molar-refractivity contribution in [3.05, 3.63) is 39.6 Å². The summed E-state index contributed by atoms with van der Waals surface area (Å²) in [6.45, 7) is 2.05. The van der Waals surface area contributed by atoms with Crippen molar-refractivity contribution in [1.82, 2.24) is 9.97 Å². The number of rotatable bonds is 4. The number of aryl methyl sites for hydroxylation is 1. The van der Waals surface area contributed by atoms with Crippen molar-refractivity contribution in [1.29, 1.82) is 0 Å². The Labute approximate surface area is 125 Å². The normalized spacial score (nSPS) is 10.3. The molecule has 0 unspecified atom stereocenters. The highest BCUT2D eigenvalue weighted by molar-refractivity contribution is 9.10. The number of nitrogens with one attached hydrogen (secondary N) is 1. The average molecular weight is 343 g/mol. The van der Waals surface area contributed by atoms with E-state index in [0.29, 0.717) is 21.9 Å². The van der Waals surface area contributed by atoms with Crippen LogP contribution < -0.4 is 10.1 Å². The van der Waals surface area contributed by atoms with Crippen LogP contribution in [0.4, 0.5) is 5.82 Å². The number of aromatic nitrogens is 2. The molecule has 0 aliphatic rings. The fourth-order valence-corrected chi connectivity index (χ4v) is 2.33. The first kappa shape index (κ1) is 14.1. The molecule has 2 rings (SSSR count). The third-order valence-electron chi connectivity index (χ3n) is 2.61. The molecule has 0 fully saturated rings. The van der Waals surface area contributed by atoms with Gasteiger partial charge in [0.15, 0.2) is 0 Å². The van der Waals surface area contributed by atoms with Crippen molar-refractivity contribution in [2.75, 3.05) is 12.4 Å². The van der Waals surface area contributed by atoms with Crippen LogP contribution in [0.15, 0.2) is 29.0 Å². The maximum atomic E-state index is 6.08. The summed E-state index contributed by atoms with van der Waals surface area (Å²) in [5, 5.41) is 3.70. The minimum atomic E-state index is 0.462. The van der Waals surface area contributed by atoms with Crippen molar-refractivity contribution in [2.24, 2.45) is 0 Å². The lowest BCUT2D eigenvalue weighted by molar-refractivity contribution is 0.458. The summed E-state index contributed by atoms with van der Waals surface area (Å²) in [5.41, 5.74) is 1.04. The molecule has 4 nitrogen and oxygen atoms in total. The van der Waals surface area contributed by atoms with Crippen molar-refractivity contribution in [2.45, 2.75) is 13.3 Å². The van der Waals surface area contributed by atoms with Gasteiger partial charge < -0.3 is 10.1 Å². The van der Waals surface area contributed by atoms with Crippen LogP contribution in [-0.2, 0) is 6.42 Å². The first-order valence-electron chi connectivity index (χ1n) is 5.80. The Morgan fingerprint density at radius 2 is 2.16 bits per heavy atom. The van der Waals surface area contributed by atoms with Crippen LogP contribution in [0.1, 0.15) is 12.5 Å². The minimum Gasteiger partial charge on any atom is -0.438 e. The molecule has 100 valence electrons. The SMILES string of the molecule is CCc1cc(Oc2ncnc(NC)c2Br)ccc1Cl. The summed E-state index contributed by atoms with van der Waals surface area (Å²) in [7, 11) is 1.79. The van der Waals surface area contributed by atoms with Crippen LogP contribution in [-0.4, -0.2) is 17.0 Å². The molecule has 0 amide bonds. The Balaban J connectivity index is 2.31. The van der Waals surface area contributed by atoms with Gasteiger partial charge in [0.2, 0.25) is 5.88 Å². The van der Waals surface area contributed by atoms with Gasteiger partial charge in [-0.15, -0.1) is 0 Å². The maximum absolute atomic E-state index is 6.08. The molecule has 1 heterocycles. The van der Waals surface area contributed by atoms with E-state index < -0.39 is 0 Å². The van der Waals surface area contributed by atoms with E-state index in [4.69, 9.17) is 16.3 Å². The topological polar surface area (TPSA) is 47.0 Å². The third-order valence-corrected chi connectivity index (χ3v) is 3.69. The van der Waals surface area contributed by atoms with Gasteiger partial charge in [-0.3, -0.25) is 0 Å². The molecule has 0 spiro atoms. The third kappa shape index (κ3) is 3.16. The second-order valence-electron chi connectivity index (χ2n) is 3.80. The predicted molar refractivity (Wildman–Crippen MR) is 80.2 cm³/mol. The van der Waals surface area contributed by atoms with Gasteiger partial charge in [0.05, 0.1) is 0 Å². The van der Waals surface area contributed by atoms with Gasteiger partial charge in [-0.05, 0) is 46.1 Å². The smallest absolute Gasteiger partial charge is 0.238 e. The van der Waals surface area contributed by atoms with Crippen LogP contribution in [0.5, 0.6) is 11.6 Å². The molecule has 2 aromatic rings. The van der Waals surface area contributed by atoms with Crippen molar-refractivity contribution in [3.8, 4) is 11.6 Å². The number of halogens is 2. The molecule has 1 aromatic carbocycles. The zero-order valence-electron chi connectivity index (χ0n) is 10.6. The van der Waals surface area contributed by atoms with Gasteiger partial charge in [-0.1, -0.05) is 18.5 Å². The monoisotopic (exact) mass is 341 g/mol. The molecule has 0 saturated heterocycles. The molecule has 0 aliphatic heterocycles. The van der Waals surface area contributed by atoms with Gasteiger partial charge in [-0.2, -0.15) is 0 Å². The fraction of sp³-hybridized carbons (Fsp3) is 0.231. The molecule has 1 aromatic heterocycles. The highest BCUT2D eigenvalue weighted by Crippen LogP contribution is 2.32. The van der Waals surface area contributed by atoms with Crippen molar-refractivity contribution in [3.63, 3.8) is 0 Å². The Hall–Kier alpha value is -1.33. The van der Waals surface area contributed by atoms with Crippen LogP contribution in [0, 0.1) is 0 Å². The van der Waals surface area contributed by atoms with E-state index >= 15 is 0 Å². The number of anilines is 1. The van der Waals surface area contributed by atoms with Crippen LogP contribution in [0.25, 0.3) is 0 Å². The van der Waals surface area contributed by atoms with Crippen LogP contribution in [0.2, 0.25) is 5.02 Å². The largest absolute Gasteiger partial charge is 0.438 e. The van der Waals surface area contributed by atoms with E-state index in [2.05, 4.69) is 31.2 Å². The van der Waals surface area contributed by atoms with E-state index in [1.54, 1.807) is 7.05 Å². The Kier molecular flexibility index (Phi) is 4.61. The summed E-state index contributed by atoms with van der Waals surface area (Å²) in [6, 6.07) is 5.55.